The molecule has 122 valence electrons. The number of likely N-dealkylation sites (tertiary alicyclic amines) is 1. The van der Waals surface area contributed by atoms with E-state index in [2.05, 4.69) is 0 Å². The lowest BCUT2D eigenvalue weighted by Gasteiger charge is -2.44. The first kappa shape index (κ1) is 17.4. The van der Waals surface area contributed by atoms with E-state index in [1.165, 1.54) is 32.1 Å². The molecule has 0 bridgehead atoms. The van der Waals surface area contributed by atoms with Crippen molar-refractivity contribution in [2.75, 3.05) is 18.8 Å². The second kappa shape index (κ2) is 7.10. The highest BCUT2D eigenvalue weighted by Gasteiger charge is 2.36. The third kappa shape index (κ3) is 3.52. The highest BCUT2D eigenvalue weighted by molar-refractivity contribution is 6.34. The fraction of sp³-hybridized carbons (Fsp3) is 0.588. The Bertz CT molecular complexity index is 531. The lowest BCUT2D eigenvalue weighted by Crippen LogP contribution is -2.44. The Balaban J connectivity index is 0.00000176. The lowest BCUT2D eigenvalue weighted by atomic mass is 9.68. The number of benzene rings is 1. The standard InChI is InChI=1S/C17H23ClN2O.ClH/c18-15-12-13(19)4-5-14(15)16(21)20-10-8-17(9-11-20)6-2-1-3-7-17;/h4-5,12H,1-3,6-11,19H2;1H. The van der Waals surface area contributed by atoms with Gasteiger partial charge in [-0.05, 0) is 49.3 Å². The molecule has 3 rings (SSSR count). The smallest absolute Gasteiger partial charge is 0.255 e. The van der Waals surface area contributed by atoms with Crippen LogP contribution in [-0.2, 0) is 0 Å². The molecule has 3 nitrogen and oxygen atoms in total. The summed E-state index contributed by atoms with van der Waals surface area (Å²) in [6, 6.07) is 5.14. The number of carbonyl (C=O) groups is 1. The van der Waals surface area contributed by atoms with Crippen LogP contribution in [0.4, 0.5) is 5.69 Å². The van der Waals surface area contributed by atoms with Crippen LogP contribution in [0.3, 0.4) is 0 Å². The van der Waals surface area contributed by atoms with Gasteiger partial charge in [-0.25, -0.2) is 0 Å². The van der Waals surface area contributed by atoms with Gasteiger partial charge in [-0.15, -0.1) is 12.4 Å². The summed E-state index contributed by atoms with van der Waals surface area (Å²) in [6.07, 6.45) is 9.08. The molecule has 1 heterocycles. The summed E-state index contributed by atoms with van der Waals surface area (Å²) < 4.78 is 0. The largest absolute Gasteiger partial charge is 0.399 e. The SMILES string of the molecule is Cl.Nc1ccc(C(=O)N2CCC3(CCCCC3)CC2)c(Cl)c1. The number of halogens is 2. The zero-order valence-electron chi connectivity index (χ0n) is 12.8. The molecule has 0 radical (unpaired) electrons. The molecular weight excluding hydrogens is 319 g/mol. The van der Waals surface area contributed by atoms with Crippen molar-refractivity contribution < 1.29 is 4.79 Å². The van der Waals surface area contributed by atoms with Crippen LogP contribution in [0.1, 0.15) is 55.3 Å². The summed E-state index contributed by atoms with van der Waals surface area (Å²) in [7, 11) is 0. The van der Waals surface area contributed by atoms with Gasteiger partial charge >= 0.3 is 0 Å². The third-order valence-electron chi connectivity index (χ3n) is 5.25. The highest BCUT2D eigenvalue weighted by Crippen LogP contribution is 2.44. The van der Waals surface area contributed by atoms with E-state index in [9.17, 15) is 4.79 Å². The minimum Gasteiger partial charge on any atom is -0.399 e. The van der Waals surface area contributed by atoms with Crippen molar-refractivity contribution in [3.8, 4) is 0 Å². The van der Waals surface area contributed by atoms with Crippen molar-refractivity contribution in [2.24, 2.45) is 5.41 Å². The first-order valence-corrected chi connectivity index (χ1v) is 8.32. The summed E-state index contributed by atoms with van der Waals surface area (Å²) >= 11 is 6.16. The normalized spacial score (nSPS) is 20.5. The third-order valence-corrected chi connectivity index (χ3v) is 5.56. The number of nitrogen functional groups attached to an aromatic ring is 1. The van der Waals surface area contributed by atoms with Gasteiger partial charge in [0.2, 0.25) is 0 Å². The summed E-state index contributed by atoms with van der Waals surface area (Å²) in [5.74, 6) is 0.0469. The number of carbonyl (C=O) groups excluding carboxylic acids is 1. The van der Waals surface area contributed by atoms with Crippen molar-refractivity contribution in [1.82, 2.24) is 4.90 Å². The molecule has 0 unspecified atom stereocenters. The van der Waals surface area contributed by atoms with Crippen molar-refractivity contribution in [3.05, 3.63) is 28.8 Å². The number of piperidine rings is 1. The van der Waals surface area contributed by atoms with Crippen LogP contribution >= 0.6 is 24.0 Å². The van der Waals surface area contributed by atoms with E-state index in [0.29, 0.717) is 21.7 Å². The van der Waals surface area contributed by atoms with Crippen LogP contribution < -0.4 is 5.73 Å². The summed E-state index contributed by atoms with van der Waals surface area (Å²) in [6.45, 7) is 1.72. The fourth-order valence-electron chi connectivity index (χ4n) is 3.86. The minimum atomic E-state index is 0. The van der Waals surface area contributed by atoms with Crippen molar-refractivity contribution in [3.63, 3.8) is 0 Å². The molecular formula is C17H24Cl2N2O. The molecule has 1 aliphatic heterocycles. The molecule has 2 N–H and O–H groups in total. The Labute approximate surface area is 143 Å². The van der Waals surface area contributed by atoms with Gasteiger partial charge in [-0.3, -0.25) is 4.79 Å². The number of amides is 1. The Morgan fingerprint density at radius 3 is 2.32 bits per heavy atom. The predicted molar refractivity (Wildman–Crippen MR) is 93.8 cm³/mol. The Morgan fingerprint density at radius 2 is 1.73 bits per heavy atom. The fourth-order valence-corrected chi connectivity index (χ4v) is 4.13. The first-order chi connectivity index (χ1) is 10.1. The number of hydrogen-bond acceptors (Lipinski definition) is 2. The molecule has 1 saturated heterocycles. The zero-order valence-corrected chi connectivity index (χ0v) is 14.4. The van der Waals surface area contributed by atoms with E-state index < -0.39 is 0 Å². The van der Waals surface area contributed by atoms with E-state index in [1.54, 1.807) is 18.2 Å². The number of anilines is 1. The summed E-state index contributed by atoms with van der Waals surface area (Å²) in [4.78, 5) is 14.6. The molecule has 0 atom stereocenters. The van der Waals surface area contributed by atoms with Gasteiger partial charge in [0.05, 0.1) is 10.6 Å². The maximum Gasteiger partial charge on any atom is 0.255 e. The van der Waals surface area contributed by atoms with Gasteiger partial charge in [0, 0.05) is 18.8 Å². The van der Waals surface area contributed by atoms with Gasteiger partial charge < -0.3 is 10.6 Å². The lowest BCUT2D eigenvalue weighted by molar-refractivity contribution is 0.0472. The molecule has 22 heavy (non-hydrogen) atoms. The van der Waals surface area contributed by atoms with E-state index in [1.807, 2.05) is 4.90 Å². The van der Waals surface area contributed by atoms with Gasteiger partial charge in [0.15, 0.2) is 0 Å². The van der Waals surface area contributed by atoms with Gasteiger partial charge in [-0.2, -0.15) is 0 Å². The van der Waals surface area contributed by atoms with Crippen LogP contribution in [0.25, 0.3) is 0 Å². The number of hydrogen-bond donors (Lipinski definition) is 1. The number of rotatable bonds is 1. The average Bonchev–Trinajstić information content (AvgIpc) is 2.48. The molecule has 1 aromatic rings. The Kier molecular flexibility index (Phi) is 5.62. The zero-order chi connectivity index (χ0) is 14.9. The molecule has 0 aromatic heterocycles. The molecule has 5 heteroatoms. The predicted octanol–water partition coefficient (Wildman–Crippen LogP) is 4.53. The van der Waals surface area contributed by atoms with Gasteiger partial charge in [0.25, 0.3) is 5.91 Å². The van der Waals surface area contributed by atoms with Gasteiger partial charge in [-0.1, -0.05) is 30.9 Å². The van der Waals surface area contributed by atoms with Crippen LogP contribution in [0.15, 0.2) is 18.2 Å². The topological polar surface area (TPSA) is 46.3 Å². The molecule has 2 fully saturated rings. The van der Waals surface area contributed by atoms with Crippen LogP contribution in [0.2, 0.25) is 5.02 Å². The molecule has 1 amide bonds. The second-order valence-corrected chi connectivity index (χ2v) is 7.00. The maximum atomic E-state index is 12.6. The molecule has 1 spiro atoms. The summed E-state index contributed by atoms with van der Waals surface area (Å²) in [5.41, 5.74) is 7.37. The van der Waals surface area contributed by atoms with Crippen molar-refractivity contribution >= 4 is 35.6 Å². The van der Waals surface area contributed by atoms with E-state index >= 15 is 0 Å². The van der Waals surface area contributed by atoms with Gasteiger partial charge in [0.1, 0.15) is 0 Å². The minimum absolute atomic E-state index is 0. The molecule has 2 aliphatic rings. The van der Waals surface area contributed by atoms with E-state index in [-0.39, 0.29) is 18.3 Å². The first-order valence-electron chi connectivity index (χ1n) is 7.94. The van der Waals surface area contributed by atoms with Crippen LogP contribution in [0.5, 0.6) is 0 Å². The van der Waals surface area contributed by atoms with E-state index in [4.69, 9.17) is 17.3 Å². The van der Waals surface area contributed by atoms with Crippen molar-refractivity contribution in [1.29, 1.82) is 0 Å². The van der Waals surface area contributed by atoms with E-state index in [0.717, 1.165) is 25.9 Å². The Morgan fingerprint density at radius 1 is 1.09 bits per heavy atom. The molecule has 1 aromatic carbocycles. The van der Waals surface area contributed by atoms with Crippen LogP contribution in [0, 0.1) is 5.41 Å². The average molecular weight is 343 g/mol. The second-order valence-electron chi connectivity index (χ2n) is 6.59. The van der Waals surface area contributed by atoms with Crippen molar-refractivity contribution in [2.45, 2.75) is 44.9 Å². The quantitative estimate of drug-likeness (QED) is 0.762. The maximum absolute atomic E-state index is 12.6. The molecule has 1 saturated carbocycles. The van der Waals surface area contributed by atoms with Crippen LogP contribution in [-0.4, -0.2) is 23.9 Å². The Hall–Kier alpha value is -0.930. The monoisotopic (exact) mass is 342 g/mol. The number of nitrogens with zero attached hydrogens (tertiary/aromatic N) is 1. The number of nitrogens with two attached hydrogens (primary N) is 1. The highest BCUT2D eigenvalue weighted by atomic mass is 35.5. The summed E-state index contributed by atoms with van der Waals surface area (Å²) in [5, 5.41) is 0.456. The molecule has 1 aliphatic carbocycles.